The first-order chi connectivity index (χ1) is 6.29. The molecule has 2 heterocycles. The van der Waals surface area contributed by atoms with Gasteiger partial charge in [-0.25, -0.2) is 0 Å². The Morgan fingerprint density at radius 2 is 2.54 bits per heavy atom. The molecule has 2 rings (SSSR count). The van der Waals surface area contributed by atoms with Gasteiger partial charge in [-0.2, -0.15) is 0 Å². The van der Waals surface area contributed by atoms with Crippen LogP contribution in [0.3, 0.4) is 0 Å². The van der Waals surface area contributed by atoms with Crippen LogP contribution in [0.15, 0.2) is 22.8 Å². The largest absolute Gasteiger partial charge is 0.469 e. The smallest absolute Gasteiger partial charge is 0.111 e. The van der Waals surface area contributed by atoms with Crippen LogP contribution in [-0.4, -0.2) is 12.6 Å². The minimum absolute atomic E-state index is 0.240. The van der Waals surface area contributed by atoms with Crippen LogP contribution >= 0.6 is 0 Å². The fourth-order valence-corrected chi connectivity index (χ4v) is 2.48. The highest BCUT2D eigenvalue weighted by Gasteiger charge is 2.42. The van der Waals surface area contributed by atoms with E-state index < -0.39 is 0 Å². The van der Waals surface area contributed by atoms with E-state index in [9.17, 15) is 0 Å². The average Bonchev–Trinajstić information content (AvgIpc) is 2.73. The molecule has 0 spiro atoms. The van der Waals surface area contributed by atoms with Gasteiger partial charge >= 0.3 is 0 Å². The zero-order valence-electron chi connectivity index (χ0n) is 8.34. The van der Waals surface area contributed by atoms with E-state index in [2.05, 4.69) is 25.2 Å². The molecule has 2 nitrogen and oxygen atoms in total. The van der Waals surface area contributed by atoms with E-state index >= 15 is 0 Å². The van der Waals surface area contributed by atoms with Crippen molar-refractivity contribution in [3.63, 3.8) is 0 Å². The first-order valence-electron chi connectivity index (χ1n) is 5.07. The van der Waals surface area contributed by atoms with Crippen LogP contribution in [0.1, 0.15) is 32.4 Å². The second-order valence-electron chi connectivity index (χ2n) is 3.91. The standard InChI is InChI=1S/C11H17NO/c1-3-11(6-7-12-9(11)2)10-5-4-8-13-10/h4-5,8-9,12H,3,6-7H2,1-2H3. The highest BCUT2D eigenvalue weighted by atomic mass is 16.3. The second kappa shape index (κ2) is 3.18. The van der Waals surface area contributed by atoms with Crippen LogP contribution in [0, 0.1) is 0 Å². The van der Waals surface area contributed by atoms with Crippen LogP contribution in [0.4, 0.5) is 0 Å². The fraction of sp³-hybridized carbons (Fsp3) is 0.636. The molecule has 2 atom stereocenters. The monoisotopic (exact) mass is 179 g/mol. The lowest BCUT2D eigenvalue weighted by Gasteiger charge is -2.29. The van der Waals surface area contributed by atoms with E-state index in [1.165, 1.54) is 6.42 Å². The summed E-state index contributed by atoms with van der Waals surface area (Å²) >= 11 is 0. The topological polar surface area (TPSA) is 25.2 Å². The minimum atomic E-state index is 0.240. The van der Waals surface area contributed by atoms with Gasteiger partial charge in [-0.05, 0) is 38.4 Å². The van der Waals surface area contributed by atoms with Gasteiger partial charge in [0, 0.05) is 11.5 Å². The molecule has 13 heavy (non-hydrogen) atoms. The van der Waals surface area contributed by atoms with Crippen LogP contribution in [-0.2, 0) is 5.41 Å². The third kappa shape index (κ3) is 1.20. The van der Waals surface area contributed by atoms with Crippen molar-refractivity contribution >= 4 is 0 Å². The lowest BCUT2D eigenvalue weighted by molar-refractivity contribution is 0.300. The van der Waals surface area contributed by atoms with Gasteiger partial charge < -0.3 is 9.73 Å². The highest BCUT2D eigenvalue weighted by Crippen LogP contribution is 2.38. The van der Waals surface area contributed by atoms with Crippen molar-refractivity contribution in [1.29, 1.82) is 0 Å². The van der Waals surface area contributed by atoms with Crippen molar-refractivity contribution in [1.82, 2.24) is 5.32 Å². The Morgan fingerprint density at radius 1 is 1.69 bits per heavy atom. The molecule has 0 saturated carbocycles. The molecule has 2 unspecified atom stereocenters. The molecule has 1 aliphatic heterocycles. The average molecular weight is 179 g/mol. The Labute approximate surface area is 79.3 Å². The summed E-state index contributed by atoms with van der Waals surface area (Å²) in [7, 11) is 0. The Morgan fingerprint density at radius 3 is 3.00 bits per heavy atom. The maximum Gasteiger partial charge on any atom is 0.111 e. The maximum atomic E-state index is 5.54. The number of hydrogen-bond acceptors (Lipinski definition) is 2. The van der Waals surface area contributed by atoms with Gasteiger partial charge in [0.25, 0.3) is 0 Å². The third-order valence-corrected chi connectivity index (χ3v) is 3.49. The Kier molecular flexibility index (Phi) is 2.16. The summed E-state index contributed by atoms with van der Waals surface area (Å²) < 4.78 is 5.54. The van der Waals surface area contributed by atoms with E-state index in [4.69, 9.17) is 4.42 Å². The first-order valence-corrected chi connectivity index (χ1v) is 5.07. The molecular weight excluding hydrogens is 162 g/mol. The van der Waals surface area contributed by atoms with Crippen molar-refractivity contribution in [2.45, 2.75) is 38.1 Å². The highest BCUT2D eigenvalue weighted by molar-refractivity contribution is 5.19. The molecule has 0 aromatic carbocycles. The molecule has 0 radical (unpaired) electrons. The van der Waals surface area contributed by atoms with Crippen LogP contribution in [0.5, 0.6) is 0 Å². The molecule has 1 aliphatic rings. The van der Waals surface area contributed by atoms with E-state index in [1.807, 2.05) is 6.07 Å². The van der Waals surface area contributed by atoms with Gasteiger partial charge in [-0.1, -0.05) is 6.92 Å². The van der Waals surface area contributed by atoms with Gasteiger partial charge in [-0.15, -0.1) is 0 Å². The van der Waals surface area contributed by atoms with Gasteiger partial charge in [0.05, 0.1) is 6.26 Å². The number of furan rings is 1. The molecule has 0 bridgehead atoms. The van der Waals surface area contributed by atoms with Crippen molar-refractivity contribution in [2.75, 3.05) is 6.54 Å². The second-order valence-corrected chi connectivity index (χ2v) is 3.91. The predicted octanol–water partition coefficient (Wildman–Crippen LogP) is 2.31. The van der Waals surface area contributed by atoms with Gasteiger partial charge in [0.2, 0.25) is 0 Å². The molecule has 72 valence electrons. The Bertz CT molecular complexity index is 268. The van der Waals surface area contributed by atoms with Gasteiger partial charge in [0.15, 0.2) is 0 Å². The zero-order chi connectivity index (χ0) is 9.31. The van der Waals surface area contributed by atoms with E-state index in [1.54, 1.807) is 6.26 Å². The molecule has 2 heteroatoms. The number of nitrogens with one attached hydrogen (secondary N) is 1. The molecule has 0 amide bonds. The summed E-state index contributed by atoms with van der Waals surface area (Å²) in [5.41, 5.74) is 0.240. The van der Waals surface area contributed by atoms with Crippen molar-refractivity contribution in [2.24, 2.45) is 0 Å². The Balaban J connectivity index is 2.35. The van der Waals surface area contributed by atoms with E-state index in [-0.39, 0.29) is 5.41 Å². The summed E-state index contributed by atoms with van der Waals surface area (Å²) in [4.78, 5) is 0. The SMILES string of the molecule is CCC1(c2ccco2)CCNC1C. The van der Waals surface area contributed by atoms with Gasteiger partial charge in [0.1, 0.15) is 5.76 Å². The lowest BCUT2D eigenvalue weighted by Crippen LogP contribution is -2.37. The number of rotatable bonds is 2. The summed E-state index contributed by atoms with van der Waals surface area (Å²) in [5, 5.41) is 3.49. The molecule has 1 N–H and O–H groups in total. The fourth-order valence-electron chi connectivity index (χ4n) is 2.48. The molecular formula is C11H17NO. The van der Waals surface area contributed by atoms with Crippen molar-refractivity contribution in [3.8, 4) is 0 Å². The lowest BCUT2D eigenvalue weighted by atomic mass is 9.76. The van der Waals surface area contributed by atoms with Gasteiger partial charge in [-0.3, -0.25) is 0 Å². The predicted molar refractivity (Wildman–Crippen MR) is 52.8 cm³/mol. The van der Waals surface area contributed by atoms with Crippen LogP contribution in [0.25, 0.3) is 0 Å². The minimum Gasteiger partial charge on any atom is -0.469 e. The summed E-state index contributed by atoms with van der Waals surface area (Å²) in [6.07, 6.45) is 4.12. The third-order valence-electron chi connectivity index (χ3n) is 3.49. The molecule has 1 saturated heterocycles. The zero-order valence-corrected chi connectivity index (χ0v) is 8.34. The van der Waals surface area contributed by atoms with Crippen LogP contribution < -0.4 is 5.32 Å². The summed E-state index contributed by atoms with van der Waals surface area (Å²) in [6, 6.07) is 4.62. The van der Waals surface area contributed by atoms with E-state index in [0.29, 0.717) is 6.04 Å². The molecule has 1 aromatic rings. The maximum absolute atomic E-state index is 5.54. The first kappa shape index (κ1) is 8.82. The quantitative estimate of drug-likeness (QED) is 0.753. The summed E-state index contributed by atoms with van der Waals surface area (Å²) in [6.45, 7) is 5.60. The molecule has 1 fully saturated rings. The molecule has 1 aromatic heterocycles. The Hall–Kier alpha value is -0.760. The normalized spacial score (nSPS) is 33.8. The van der Waals surface area contributed by atoms with E-state index in [0.717, 1.165) is 18.7 Å². The van der Waals surface area contributed by atoms with Crippen molar-refractivity contribution < 1.29 is 4.42 Å². The molecule has 0 aliphatic carbocycles. The number of hydrogen-bond donors (Lipinski definition) is 1. The summed E-state index contributed by atoms with van der Waals surface area (Å²) in [5.74, 6) is 1.15. The van der Waals surface area contributed by atoms with Crippen molar-refractivity contribution in [3.05, 3.63) is 24.2 Å². The van der Waals surface area contributed by atoms with Crippen LogP contribution in [0.2, 0.25) is 0 Å².